The fraction of sp³-hybridized carbons (Fsp3) is 0.208. The van der Waals surface area contributed by atoms with E-state index in [4.69, 9.17) is 28.2 Å². The van der Waals surface area contributed by atoms with E-state index in [1.165, 1.54) is 24.3 Å². The first-order valence-corrected chi connectivity index (χ1v) is 13.3. The van der Waals surface area contributed by atoms with Crippen LogP contribution in [0, 0.1) is 0 Å². The van der Waals surface area contributed by atoms with Crippen molar-refractivity contribution in [2.75, 3.05) is 11.4 Å². The summed E-state index contributed by atoms with van der Waals surface area (Å²) in [6, 6.07) is 10.5. The van der Waals surface area contributed by atoms with Gasteiger partial charge in [0.05, 0.1) is 38.0 Å². The van der Waals surface area contributed by atoms with Gasteiger partial charge in [0.15, 0.2) is 0 Å². The molecule has 3 heterocycles. The Labute approximate surface area is 217 Å². The van der Waals surface area contributed by atoms with Crippen molar-refractivity contribution in [1.29, 1.82) is 0 Å². The van der Waals surface area contributed by atoms with Crippen molar-refractivity contribution >= 4 is 55.9 Å². The third-order valence-corrected chi connectivity index (χ3v) is 8.59. The maximum absolute atomic E-state index is 13.1. The number of aromatic carboxylic acids is 1. The lowest BCUT2D eigenvalue weighted by molar-refractivity contribution is 0.0692. The zero-order valence-corrected chi connectivity index (χ0v) is 21.3. The van der Waals surface area contributed by atoms with Gasteiger partial charge in [0.2, 0.25) is 10.0 Å². The summed E-state index contributed by atoms with van der Waals surface area (Å²) in [6.45, 7) is 2.30. The van der Waals surface area contributed by atoms with Gasteiger partial charge in [-0.25, -0.2) is 27.9 Å². The molecule has 0 unspecified atom stereocenters. The number of sulfonamides is 1. The predicted molar refractivity (Wildman–Crippen MR) is 138 cm³/mol. The molecular formula is C24H21Cl2N5O4S. The number of anilines is 1. The minimum Gasteiger partial charge on any atom is -0.478 e. The van der Waals surface area contributed by atoms with E-state index in [1.54, 1.807) is 18.6 Å². The van der Waals surface area contributed by atoms with Crippen molar-refractivity contribution in [3.63, 3.8) is 0 Å². The van der Waals surface area contributed by atoms with E-state index in [0.29, 0.717) is 34.3 Å². The van der Waals surface area contributed by atoms with Crippen LogP contribution in [0.3, 0.4) is 0 Å². The van der Waals surface area contributed by atoms with Gasteiger partial charge < -0.3 is 14.6 Å². The minimum absolute atomic E-state index is 0.0639. The molecule has 9 nitrogen and oxygen atoms in total. The van der Waals surface area contributed by atoms with Gasteiger partial charge in [-0.3, -0.25) is 0 Å². The monoisotopic (exact) mass is 545 g/mol. The number of benzene rings is 2. The molecular weight excluding hydrogens is 525 g/mol. The standard InChI is InChI=1S/C24H21Cl2N5O4S/c1-14-10-15(29-36(34,35)20-5-3-2-4-17(20)24(32)33)12-31(14)21-11-19(30-9-8-27-13-30)16-6-7-18(25)22(26)23(16)28-21/h2-9,11,13-15,29H,10,12H2,1H3,(H,32,33)/t14-,15-/m1/s1. The molecule has 0 saturated carbocycles. The Balaban J connectivity index is 1.50. The Morgan fingerprint density at radius 2 is 1.97 bits per heavy atom. The van der Waals surface area contributed by atoms with Gasteiger partial charge in [-0.05, 0) is 37.6 Å². The zero-order valence-electron chi connectivity index (χ0n) is 19.0. The molecule has 4 aromatic rings. The molecule has 1 aliphatic rings. The van der Waals surface area contributed by atoms with E-state index in [0.717, 1.165) is 11.1 Å². The number of nitrogens with zero attached hydrogens (tertiary/aromatic N) is 4. The minimum atomic E-state index is -4.07. The van der Waals surface area contributed by atoms with Gasteiger partial charge >= 0.3 is 5.97 Å². The van der Waals surface area contributed by atoms with E-state index >= 15 is 0 Å². The molecule has 1 fully saturated rings. The summed E-state index contributed by atoms with van der Waals surface area (Å²) in [4.78, 5) is 22.2. The predicted octanol–water partition coefficient (Wildman–Crippen LogP) is 4.37. The molecule has 186 valence electrons. The lowest BCUT2D eigenvalue weighted by Crippen LogP contribution is -2.38. The summed E-state index contributed by atoms with van der Waals surface area (Å²) in [5, 5.41) is 10.9. The zero-order chi connectivity index (χ0) is 25.6. The highest BCUT2D eigenvalue weighted by molar-refractivity contribution is 7.89. The van der Waals surface area contributed by atoms with Gasteiger partial charge in [0, 0.05) is 42.5 Å². The van der Waals surface area contributed by atoms with Gasteiger partial charge in [-0.2, -0.15) is 0 Å². The number of carboxylic acid groups (broad SMARTS) is 1. The highest BCUT2D eigenvalue weighted by atomic mass is 35.5. The molecule has 2 N–H and O–H groups in total. The van der Waals surface area contributed by atoms with E-state index in [2.05, 4.69) is 9.71 Å². The average Bonchev–Trinajstić information content (AvgIpc) is 3.50. The number of pyridine rings is 1. The molecule has 2 atom stereocenters. The quantitative estimate of drug-likeness (QED) is 0.369. The first-order chi connectivity index (χ1) is 17.2. The van der Waals surface area contributed by atoms with Gasteiger partial charge in [-0.15, -0.1) is 0 Å². The SMILES string of the molecule is C[C@@H]1C[C@@H](NS(=O)(=O)c2ccccc2C(=O)O)CN1c1cc(-n2ccnc2)c2ccc(Cl)c(Cl)c2n1. The topological polar surface area (TPSA) is 117 Å². The Morgan fingerprint density at radius 3 is 2.69 bits per heavy atom. The Kier molecular flexibility index (Phi) is 6.37. The van der Waals surface area contributed by atoms with Gasteiger partial charge in [0.1, 0.15) is 5.82 Å². The van der Waals surface area contributed by atoms with Crippen molar-refractivity contribution in [2.24, 2.45) is 0 Å². The Morgan fingerprint density at radius 1 is 1.19 bits per heavy atom. The summed E-state index contributed by atoms with van der Waals surface area (Å²) < 4.78 is 30.7. The summed E-state index contributed by atoms with van der Waals surface area (Å²) in [5.74, 6) is -0.698. The van der Waals surface area contributed by atoms with Crippen molar-refractivity contribution < 1.29 is 18.3 Å². The van der Waals surface area contributed by atoms with Crippen LogP contribution in [0.15, 0.2) is 66.1 Å². The average molecular weight is 546 g/mol. The normalized spacial score (nSPS) is 18.1. The lowest BCUT2D eigenvalue weighted by Gasteiger charge is -2.24. The van der Waals surface area contributed by atoms with E-state index in [1.807, 2.05) is 34.7 Å². The molecule has 2 aromatic heterocycles. The lowest BCUT2D eigenvalue weighted by atomic mass is 10.1. The van der Waals surface area contributed by atoms with Crippen LogP contribution in [-0.4, -0.2) is 52.7 Å². The van der Waals surface area contributed by atoms with Crippen molar-refractivity contribution in [1.82, 2.24) is 19.3 Å². The van der Waals surface area contributed by atoms with Crippen LogP contribution in [0.25, 0.3) is 16.6 Å². The Hall–Kier alpha value is -3.18. The Bertz CT molecular complexity index is 1580. The number of imidazole rings is 1. The molecule has 36 heavy (non-hydrogen) atoms. The fourth-order valence-corrected chi connectivity index (χ4v) is 6.36. The highest BCUT2D eigenvalue weighted by Gasteiger charge is 2.34. The number of carbonyl (C=O) groups is 1. The van der Waals surface area contributed by atoms with Crippen LogP contribution in [0.2, 0.25) is 10.0 Å². The number of carboxylic acids is 1. The molecule has 1 saturated heterocycles. The molecule has 0 spiro atoms. The first kappa shape index (κ1) is 24.5. The second kappa shape index (κ2) is 9.36. The summed E-state index contributed by atoms with van der Waals surface area (Å²) in [5.41, 5.74) is 1.05. The van der Waals surface area contributed by atoms with E-state index in [-0.39, 0.29) is 16.5 Å². The number of nitrogens with one attached hydrogen (secondary N) is 1. The number of hydrogen-bond donors (Lipinski definition) is 2. The molecule has 0 aliphatic carbocycles. The first-order valence-electron chi connectivity index (χ1n) is 11.0. The molecule has 2 aromatic carbocycles. The maximum atomic E-state index is 13.1. The van der Waals surface area contributed by atoms with Crippen LogP contribution in [0.4, 0.5) is 5.82 Å². The number of aromatic nitrogens is 3. The summed E-state index contributed by atoms with van der Waals surface area (Å²) in [6.07, 6.45) is 5.65. The second-order valence-corrected chi connectivity index (χ2v) is 11.1. The van der Waals surface area contributed by atoms with Gasteiger partial charge in [-0.1, -0.05) is 35.3 Å². The largest absolute Gasteiger partial charge is 0.478 e. The third kappa shape index (κ3) is 4.41. The van der Waals surface area contributed by atoms with Crippen molar-refractivity contribution in [2.45, 2.75) is 30.3 Å². The summed E-state index contributed by atoms with van der Waals surface area (Å²) >= 11 is 12.8. The molecule has 0 amide bonds. The van der Waals surface area contributed by atoms with E-state index < -0.39 is 22.0 Å². The number of fused-ring (bicyclic) bond motifs is 1. The van der Waals surface area contributed by atoms with Crippen molar-refractivity contribution in [3.05, 3.63) is 76.8 Å². The van der Waals surface area contributed by atoms with Crippen molar-refractivity contribution in [3.8, 4) is 5.69 Å². The second-order valence-electron chi connectivity index (χ2n) is 8.58. The fourth-order valence-electron chi connectivity index (χ4n) is 4.56. The molecule has 12 heteroatoms. The molecule has 1 aliphatic heterocycles. The van der Waals surface area contributed by atoms with Crippen LogP contribution < -0.4 is 9.62 Å². The number of halogens is 2. The third-order valence-electron chi connectivity index (χ3n) is 6.22. The van der Waals surface area contributed by atoms with E-state index in [9.17, 15) is 18.3 Å². The van der Waals surface area contributed by atoms with Gasteiger partial charge in [0.25, 0.3) is 0 Å². The van der Waals surface area contributed by atoms with Crippen LogP contribution in [-0.2, 0) is 10.0 Å². The summed E-state index contributed by atoms with van der Waals surface area (Å²) in [7, 11) is -4.07. The number of hydrogen-bond acceptors (Lipinski definition) is 6. The maximum Gasteiger partial charge on any atom is 0.337 e. The van der Waals surface area contributed by atoms with Crippen LogP contribution >= 0.6 is 23.2 Å². The molecule has 0 bridgehead atoms. The number of rotatable bonds is 6. The van der Waals surface area contributed by atoms with Crippen LogP contribution in [0.1, 0.15) is 23.7 Å². The smallest absolute Gasteiger partial charge is 0.337 e. The molecule has 5 rings (SSSR count). The highest BCUT2D eigenvalue weighted by Crippen LogP contribution is 2.36. The molecule has 0 radical (unpaired) electrons. The van der Waals surface area contributed by atoms with Crippen LogP contribution in [0.5, 0.6) is 0 Å².